The lowest BCUT2D eigenvalue weighted by atomic mass is 10.3. The van der Waals surface area contributed by atoms with Gasteiger partial charge in [-0.2, -0.15) is 8.42 Å². The smallest absolute Gasteiger partial charge is 0.282 e. The van der Waals surface area contributed by atoms with Crippen molar-refractivity contribution in [3.8, 4) is 0 Å². The number of hydrogen-bond donors (Lipinski definition) is 1. The van der Waals surface area contributed by atoms with E-state index in [-0.39, 0.29) is 4.90 Å². The van der Waals surface area contributed by atoms with Crippen molar-refractivity contribution in [2.45, 2.75) is 11.8 Å². The summed E-state index contributed by atoms with van der Waals surface area (Å²) in [5.41, 5.74) is 1.26. The molecule has 1 N–H and O–H groups in total. The molecule has 0 saturated carbocycles. The van der Waals surface area contributed by atoms with Gasteiger partial charge < -0.3 is 0 Å². The van der Waals surface area contributed by atoms with E-state index in [2.05, 4.69) is 4.98 Å². The van der Waals surface area contributed by atoms with Crippen LogP contribution in [0.15, 0.2) is 59.8 Å². The maximum absolute atomic E-state index is 10.4. The number of nitrogens with zero attached hydrogens (tertiary/aromatic N) is 1. The van der Waals surface area contributed by atoms with Crippen LogP contribution in [-0.2, 0) is 10.1 Å². The Hall–Kier alpha value is -1.72. The minimum Gasteiger partial charge on any atom is -0.282 e. The molecule has 2 aromatic rings. The SMILES string of the molecule is Cc1ccncc1.O=S(=O)(O)c1ccccc1. The topological polar surface area (TPSA) is 67.3 Å². The van der Waals surface area contributed by atoms with E-state index in [4.69, 9.17) is 4.55 Å². The Balaban J connectivity index is 0.000000181. The van der Waals surface area contributed by atoms with Crippen molar-refractivity contribution in [1.29, 1.82) is 0 Å². The van der Waals surface area contributed by atoms with Crippen molar-refractivity contribution >= 4 is 10.1 Å². The van der Waals surface area contributed by atoms with E-state index in [1.165, 1.54) is 17.7 Å². The zero-order valence-electron chi connectivity index (χ0n) is 9.32. The Labute approximate surface area is 101 Å². The van der Waals surface area contributed by atoms with E-state index in [9.17, 15) is 8.42 Å². The molecule has 2 rings (SSSR count). The molecule has 0 aliphatic rings. The Kier molecular flexibility index (Phi) is 4.81. The predicted molar refractivity (Wildman–Crippen MR) is 65.2 cm³/mol. The summed E-state index contributed by atoms with van der Waals surface area (Å²) in [5.74, 6) is 0. The molecule has 0 spiro atoms. The number of aryl methyl sites for hydroxylation is 1. The second-order valence-electron chi connectivity index (χ2n) is 3.31. The molecule has 0 atom stereocenters. The summed E-state index contributed by atoms with van der Waals surface area (Å²) < 4.78 is 29.2. The van der Waals surface area contributed by atoms with Gasteiger partial charge in [0.1, 0.15) is 0 Å². The first kappa shape index (κ1) is 13.3. The van der Waals surface area contributed by atoms with Crippen LogP contribution in [0.4, 0.5) is 0 Å². The highest BCUT2D eigenvalue weighted by Crippen LogP contribution is 2.05. The minimum atomic E-state index is -4.00. The lowest BCUT2D eigenvalue weighted by Crippen LogP contribution is -1.96. The summed E-state index contributed by atoms with van der Waals surface area (Å²) in [6.45, 7) is 2.04. The third kappa shape index (κ3) is 5.24. The third-order valence-corrected chi connectivity index (χ3v) is 2.76. The van der Waals surface area contributed by atoms with Gasteiger partial charge in [0, 0.05) is 12.4 Å². The molecule has 0 unspecified atom stereocenters. The van der Waals surface area contributed by atoms with Gasteiger partial charge in [0.2, 0.25) is 0 Å². The lowest BCUT2D eigenvalue weighted by molar-refractivity contribution is 0.483. The molecule has 90 valence electrons. The molecule has 17 heavy (non-hydrogen) atoms. The molecule has 4 nitrogen and oxygen atoms in total. The maximum atomic E-state index is 10.4. The number of rotatable bonds is 1. The fourth-order valence-corrected chi connectivity index (χ4v) is 1.52. The van der Waals surface area contributed by atoms with Gasteiger partial charge in [0.25, 0.3) is 10.1 Å². The fraction of sp³-hybridized carbons (Fsp3) is 0.0833. The predicted octanol–water partition coefficient (Wildman–Crippen LogP) is 2.32. The van der Waals surface area contributed by atoms with Crippen molar-refractivity contribution in [3.05, 3.63) is 60.4 Å². The molecule has 5 heteroatoms. The number of pyridine rings is 1. The summed E-state index contributed by atoms with van der Waals surface area (Å²) in [7, 11) is -4.00. The summed E-state index contributed by atoms with van der Waals surface area (Å²) >= 11 is 0. The van der Waals surface area contributed by atoms with Crippen LogP contribution in [0.5, 0.6) is 0 Å². The summed E-state index contributed by atoms with van der Waals surface area (Å²) in [6, 6.07) is 11.4. The molecule has 0 fully saturated rings. The highest BCUT2D eigenvalue weighted by atomic mass is 32.2. The molecule has 0 radical (unpaired) electrons. The van der Waals surface area contributed by atoms with E-state index >= 15 is 0 Å². The molecule has 1 heterocycles. The van der Waals surface area contributed by atoms with Crippen LogP contribution in [0.2, 0.25) is 0 Å². The zero-order chi connectivity index (χ0) is 12.7. The number of benzene rings is 1. The van der Waals surface area contributed by atoms with Crippen LogP contribution < -0.4 is 0 Å². The number of aromatic nitrogens is 1. The first-order valence-electron chi connectivity index (χ1n) is 4.89. The van der Waals surface area contributed by atoms with Gasteiger partial charge in [0.05, 0.1) is 4.90 Å². The maximum Gasteiger partial charge on any atom is 0.294 e. The third-order valence-electron chi connectivity index (χ3n) is 1.89. The van der Waals surface area contributed by atoms with Gasteiger partial charge in [0.15, 0.2) is 0 Å². The molecule has 0 aliphatic heterocycles. The van der Waals surface area contributed by atoms with Crippen LogP contribution in [0.1, 0.15) is 5.56 Å². The lowest BCUT2D eigenvalue weighted by Gasteiger charge is -1.92. The molecular weight excluding hydrogens is 238 g/mol. The summed E-state index contributed by atoms with van der Waals surface area (Å²) in [5, 5.41) is 0. The summed E-state index contributed by atoms with van der Waals surface area (Å²) in [4.78, 5) is 3.77. The number of hydrogen-bond acceptors (Lipinski definition) is 3. The standard InChI is InChI=1S/C6H7N.C6H6O3S/c1-6-2-4-7-5-3-6;7-10(8,9)6-4-2-1-3-5-6/h2-5H,1H3;1-5H,(H,7,8,9). The van der Waals surface area contributed by atoms with Gasteiger partial charge in [-0.05, 0) is 36.8 Å². The van der Waals surface area contributed by atoms with Crippen LogP contribution >= 0.6 is 0 Å². The normalized spacial score (nSPS) is 10.2. The van der Waals surface area contributed by atoms with Gasteiger partial charge in [-0.3, -0.25) is 9.54 Å². The Morgan fingerprint density at radius 3 is 1.82 bits per heavy atom. The first-order chi connectivity index (χ1) is 8.00. The van der Waals surface area contributed by atoms with Crippen molar-refractivity contribution < 1.29 is 13.0 Å². The van der Waals surface area contributed by atoms with Gasteiger partial charge in [-0.15, -0.1) is 0 Å². The molecule has 1 aromatic heterocycles. The van der Waals surface area contributed by atoms with Gasteiger partial charge in [-0.1, -0.05) is 18.2 Å². The largest absolute Gasteiger partial charge is 0.294 e. The van der Waals surface area contributed by atoms with Crippen LogP contribution in [0, 0.1) is 6.92 Å². The van der Waals surface area contributed by atoms with E-state index in [0.29, 0.717) is 0 Å². The Bertz CT molecular complexity index is 538. The van der Waals surface area contributed by atoms with Crippen molar-refractivity contribution in [1.82, 2.24) is 4.98 Å². The Morgan fingerprint density at radius 1 is 1.00 bits per heavy atom. The average Bonchev–Trinajstić information content (AvgIpc) is 2.31. The highest BCUT2D eigenvalue weighted by molar-refractivity contribution is 7.85. The minimum absolute atomic E-state index is 0.0741. The molecular formula is C12H13NO3S. The van der Waals surface area contributed by atoms with Crippen molar-refractivity contribution in [2.75, 3.05) is 0 Å². The fourth-order valence-electron chi connectivity index (χ4n) is 1.02. The second-order valence-corrected chi connectivity index (χ2v) is 4.73. The van der Waals surface area contributed by atoms with E-state index in [1.54, 1.807) is 30.6 Å². The van der Waals surface area contributed by atoms with Crippen LogP contribution in [0.25, 0.3) is 0 Å². The molecule has 1 aromatic carbocycles. The molecule has 0 bridgehead atoms. The van der Waals surface area contributed by atoms with E-state index in [0.717, 1.165) is 0 Å². The van der Waals surface area contributed by atoms with E-state index in [1.807, 2.05) is 19.1 Å². The van der Waals surface area contributed by atoms with Crippen molar-refractivity contribution in [2.24, 2.45) is 0 Å². The van der Waals surface area contributed by atoms with E-state index < -0.39 is 10.1 Å². The molecule has 0 aliphatic carbocycles. The zero-order valence-corrected chi connectivity index (χ0v) is 10.1. The van der Waals surface area contributed by atoms with Crippen LogP contribution in [0.3, 0.4) is 0 Å². The second kappa shape index (κ2) is 6.12. The molecule has 0 saturated heterocycles. The monoisotopic (exact) mass is 251 g/mol. The molecule has 0 amide bonds. The quantitative estimate of drug-likeness (QED) is 0.790. The van der Waals surface area contributed by atoms with Gasteiger partial charge in [-0.25, -0.2) is 0 Å². The Morgan fingerprint density at radius 2 is 1.53 bits per heavy atom. The van der Waals surface area contributed by atoms with Crippen LogP contribution in [-0.4, -0.2) is 18.0 Å². The van der Waals surface area contributed by atoms with Crippen molar-refractivity contribution in [3.63, 3.8) is 0 Å². The highest BCUT2D eigenvalue weighted by Gasteiger charge is 2.05. The summed E-state index contributed by atoms with van der Waals surface area (Å²) in [6.07, 6.45) is 3.57. The average molecular weight is 251 g/mol. The first-order valence-corrected chi connectivity index (χ1v) is 6.33. The van der Waals surface area contributed by atoms with Gasteiger partial charge >= 0.3 is 0 Å².